The minimum Gasteiger partial charge on any atom is -0.481 e. The van der Waals surface area contributed by atoms with Crippen LogP contribution in [0.5, 0.6) is 5.75 Å². The number of urea groups is 1. The first-order valence-corrected chi connectivity index (χ1v) is 12.1. The van der Waals surface area contributed by atoms with Crippen molar-refractivity contribution in [2.24, 2.45) is 7.05 Å². The van der Waals surface area contributed by atoms with E-state index >= 15 is 0 Å². The Hall–Kier alpha value is -4.62. The molecule has 1 atom stereocenters. The van der Waals surface area contributed by atoms with Gasteiger partial charge in [-0.15, -0.1) is 0 Å². The molecule has 1 fully saturated rings. The van der Waals surface area contributed by atoms with E-state index in [1.54, 1.807) is 35.2 Å². The van der Waals surface area contributed by atoms with Crippen LogP contribution in [-0.4, -0.2) is 57.4 Å². The quantitative estimate of drug-likeness (QED) is 0.341. The number of hydrogen-bond donors (Lipinski definition) is 3. The molecule has 4 amide bonds. The Morgan fingerprint density at radius 1 is 1.11 bits per heavy atom. The van der Waals surface area contributed by atoms with Crippen LogP contribution < -0.4 is 15.4 Å². The third kappa shape index (κ3) is 4.27. The second kappa shape index (κ2) is 9.68. The molecule has 2 aromatic carbocycles. The summed E-state index contributed by atoms with van der Waals surface area (Å²) in [6.07, 6.45) is 0. The second-order valence-electron chi connectivity index (χ2n) is 9.34. The molecule has 194 valence electrons. The number of carbonyl (C=O) groups is 3. The number of hydrogen-bond acceptors (Lipinski definition) is 6. The molecule has 0 saturated carbocycles. The highest BCUT2D eigenvalue weighted by Crippen LogP contribution is 2.34. The lowest BCUT2D eigenvalue weighted by molar-refractivity contribution is -0.124. The fraction of sp³-hybridized carbons (Fsp3) is 0.286. The van der Waals surface area contributed by atoms with Gasteiger partial charge in [0, 0.05) is 30.4 Å². The van der Waals surface area contributed by atoms with Crippen LogP contribution in [-0.2, 0) is 23.9 Å². The summed E-state index contributed by atoms with van der Waals surface area (Å²) in [7, 11) is 1.89. The van der Waals surface area contributed by atoms with E-state index in [1.807, 2.05) is 37.7 Å². The molecular weight excluding hydrogens is 486 g/mol. The van der Waals surface area contributed by atoms with Gasteiger partial charge in [-0.1, -0.05) is 42.2 Å². The van der Waals surface area contributed by atoms with Crippen molar-refractivity contribution in [1.29, 1.82) is 0 Å². The zero-order valence-electron chi connectivity index (χ0n) is 21.3. The van der Waals surface area contributed by atoms with Gasteiger partial charge in [0.1, 0.15) is 19.0 Å². The van der Waals surface area contributed by atoms with Crippen LogP contribution in [0.4, 0.5) is 4.79 Å². The van der Waals surface area contributed by atoms with E-state index in [1.165, 1.54) is 0 Å². The number of aromatic nitrogens is 2. The molecule has 3 N–H and O–H groups in total. The Morgan fingerprint density at radius 2 is 1.87 bits per heavy atom. The average molecular weight is 514 g/mol. The molecule has 0 aliphatic carbocycles. The maximum absolute atomic E-state index is 13.3. The Balaban J connectivity index is 1.42. The van der Waals surface area contributed by atoms with E-state index in [4.69, 9.17) is 9.84 Å². The third-order valence-corrected chi connectivity index (χ3v) is 7.02. The fourth-order valence-corrected chi connectivity index (χ4v) is 5.08. The zero-order valence-corrected chi connectivity index (χ0v) is 21.3. The molecule has 1 saturated heterocycles. The summed E-state index contributed by atoms with van der Waals surface area (Å²) >= 11 is 0. The van der Waals surface area contributed by atoms with Crippen LogP contribution in [0, 0.1) is 25.7 Å². The molecule has 10 heteroatoms. The van der Waals surface area contributed by atoms with Crippen molar-refractivity contribution in [2.45, 2.75) is 25.9 Å². The SMILES string of the molecule is Cc1nn(C)c(C)c1-c1ccc([C@]2(CN3Cc4ccc(OCC#CCO)cc4C3=O)NC(=O)NC2=O)cc1. The Morgan fingerprint density at radius 3 is 2.50 bits per heavy atom. The molecule has 0 unspecified atom stereocenters. The van der Waals surface area contributed by atoms with Gasteiger partial charge < -0.3 is 20.1 Å². The van der Waals surface area contributed by atoms with Crippen molar-refractivity contribution >= 4 is 17.8 Å². The van der Waals surface area contributed by atoms with Crippen LogP contribution in [0.15, 0.2) is 42.5 Å². The van der Waals surface area contributed by atoms with Crippen molar-refractivity contribution < 1.29 is 24.2 Å². The highest BCUT2D eigenvalue weighted by Gasteiger charge is 2.50. The van der Waals surface area contributed by atoms with Gasteiger partial charge in [0.15, 0.2) is 5.54 Å². The maximum Gasteiger partial charge on any atom is 0.322 e. The zero-order chi connectivity index (χ0) is 27.0. The fourth-order valence-electron chi connectivity index (χ4n) is 5.08. The Bertz CT molecular complexity index is 1510. The van der Waals surface area contributed by atoms with Gasteiger partial charge in [0.25, 0.3) is 11.8 Å². The smallest absolute Gasteiger partial charge is 0.322 e. The summed E-state index contributed by atoms with van der Waals surface area (Å²) < 4.78 is 7.37. The molecule has 3 heterocycles. The predicted molar refractivity (Wildman–Crippen MR) is 138 cm³/mol. The van der Waals surface area contributed by atoms with Crippen LogP contribution in [0.2, 0.25) is 0 Å². The minimum absolute atomic E-state index is 0.0411. The number of aliphatic hydroxyl groups excluding tert-OH is 1. The standard InChI is InChI=1S/C28H27N5O5/c1-17-24(18(2)32(3)31-17)19-6-9-21(10-7-19)28(26(36)29-27(37)30-28)16-33-15-20-8-11-22(14-23(20)25(33)35)38-13-5-4-12-34/h6-11,14,34H,12-13,15-16H2,1-3H3,(H2,29,30,36,37)/t28-/m0/s1. The maximum atomic E-state index is 13.3. The van der Waals surface area contributed by atoms with E-state index < -0.39 is 17.5 Å². The third-order valence-electron chi connectivity index (χ3n) is 7.02. The lowest BCUT2D eigenvalue weighted by Crippen LogP contribution is -2.52. The van der Waals surface area contributed by atoms with Crippen LogP contribution in [0.1, 0.15) is 32.9 Å². The predicted octanol–water partition coefficient (Wildman–Crippen LogP) is 1.77. The number of carbonyl (C=O) groups excluding carboxylic acids is 3. The highest BCUT2D eigenvalue weighted by molar-refractivity contribution is 6.08. The van der Waals surface area contributed by atoms with Gasteiger partial charge in [-0.25, -0.2) is 4.79 Å². The number of fused-ring (bicyclic) bond motifs is 1. The lowest BCUT2D eigenvalue weighted by atomic mass is 9.88. The second-order valence-corrected chi connectivity index (χ2v) is 9.34. The van der Waals surface area contributed by atoms with Gasteiger partial charge in [-0.05, 0) is 42.7 Å². The molecule has 10 nitrogen and oxygen atoms in total. The van der Waals surface area contributed by atoms with Gasteiger partial charge in [0.2, 0.25) is 0 Å². The Kier molecular flexibility index (Phi) is 6.38. The number of amides is 4. The number of aliphatic hydroxyl groups is 1. The van der Waals surface area contributed by atoms with E-state index in [9.17, 15) is 14.4 Å². The van der Waals surface area contributed by atoms with Gasteiger partial charge in [-0.2, -0.15) is 5.10 Å². The molecule has 0 bridgehead atoms. The first-order valence-electron chi connectivity index (χ1n) is 12.1. The Labute approximate surface area is 219 Å². The summed E-state index contributed by atoms with van der Waals surface area (Å²) in [5.74, 6) is 4.87. The summed E-state index contributed by atoms with van der Waals surface area (Å²) in [6, 6.07) is 12.0. The topological polar surface area (TPSA) is 126 Å². The summed E-state index contributed by atoms with van der Waals surface area (Å²) in [5.41, 5.74) is 4.25. The molecule has 2 aliphatic heterocycles. The minimum atomic E-state index is -1.44. The van der Waals surface area contributed by atoms with Crippen LogP contribution >= 0.6 is 0 Å². The molecule has 0 spiro atoms. The number of nitrogens with zero attached hydrogens (tertiary/aromatic N) is 3. The number of ether oxygens (including phenoxy) is 1. The number of aryl methyl sites for hydroxylation is 2. The average Bonchev–Trinajstić information content (AvgIpc) is 3.46. The van der Waals surface area contributed by atoms with Crippen molar-refractivity contribution in [3.8, 4) is 28.7 Å². The van der Waals surface area contributed by atoms with Crippen molar-refractivity contribution in [2.75, 3.05) is 19.8 Å². The molecule has 38 heavy (non-hydrogen) atoms. The number of benzene rings is 2. The number of imide groups is 1. The summed E-state index contributed by atoms with van der Waals surface area (Å²) in [5, 5.41) is 18.3. The first kappa shape index (κ1) is 25.0. The summed E-state index contributed by atoms with van der Waals surface area (Å²) in [6.45, 7) is 4.01. The largest absolute Gasteiger partial charge is 0.481 e. The molecule has 3 aromatic rings. The monoisotopic (exact) mass is 513 g/mol. The first-order chi connectivity index (χ1) is 18.2. The van der Waals surface area contributed by atoms with Crippen molar-refractivity contribution in [1.82, 2.24) is 25.3 Å². The lowest BCUT2D eigenvalue weighted by Gasteiger charge is -2.31. The number of rotatable bonds is 6. The molecular formula is C28H27N5O5. The summed E-state index contributed by atoms with van der Waals surface area (Å²) in [4.78, 5) is 40.4. The highest BCUT2D eigenvalue weighted by atomic mass is 16.5. The van der Waals surface area contributed by atoms with Gasteiger partial charge in [0.05, 0.1) is 12.2 Å². The molecule has 0 radical (unpaired) electrons. The van der Waals surface area contributed by atoms with Gasteiger partial charge in [-0.3, -0.25) is 19.6 Å². The van der Waals surface area contributed by atoms with Crippen LogP contribution in [0.3, 0.4) is 0 Å². The van der Waals surface area contributed by atoms with E-state index in [-0.39, 0.29) is 32.2 Å². The van der Waals surface area contributed by atoms with E-state index in [0.717, 1.165) is 28.1 Å². The van der Waals surface area contributed by atoms with E-state index in [2.05, 4.69) is 27.6 Å². The molecule has 1 aromatic heterocycles. The van der Waals surface area contributed by atoms with Crippen molar-refractivity contribution in [3.05, 3.63) is 70.5 Å². The van der Waals surface area contributed by atoms with Crippen molar-refractivity contribution in [3.63, 3.8) is 0 Å². The molecule has 5 rings (SSSR count). The normalized spacial score (nSPS) is 18.1. The van der Waals surface area contributed by atoms with Crippen LogP contribution in [0.25, 0.3) is 11.1 Å². The number of nitrogens with one attached hydrogen (secondary N) is 2. The van der Waals surface area contributed by atoms with Gasteiger partial charge >= 0.3 is 6.03 Å². The molecule has 2 aliphatic rings. The van der Waals surface area contributed by atoms with E-state index in [0.29, 0.717) is 16.9 Å².